The maximum Gasteiger partial charge on any atom is 0.204 e. The van der Waals surface area contributed by atoms with E-state index >= 15 is 0 Å². The van der Waals surface area contributed by atoms with Gasteiger partial charge < -0.3 is 15.3 Å². The third-order valence-corrected chi connectivity index (χ3v) is 4.47. The van der Waals surface area contributed by atoms with Crippen molar-refractivity contribution in [3.05, 3.63) is 42.2 Å². The van der Waals surface area contributed by atoms with Gasteiger partial charge in [-0.2, -0.15) is 5.21 Å². The average Bonchev–Trinajstić information content (AvgIpc) is 3.22. The predicted octanol–water partition coefficient (Wildman–Crippen LogP) is 1.23. The lowest BCUT2D eigenvalue weighted by atomic mass is 10.1. The molecule has 0 bridgehead atoms. The zero-order valence-electron chi connectivity index (χ0n) is 14.2. The highest BCUT2D eigenvalue weighted by molar-refractivity contribution is 5.54. The standard InChI is InChI=1S/C17H20N8O/c26-14-5-7-25(8-6-14)16-9-15(19-11-20-16)18-10-12-1-3-13(4-2-12)17-21-23-24-22-17/h1-4,9,11,14,26H,5-8,10H2,(H,18,19,20)(H,21,22,23,24). The van der Waals surface area contributed by atoms with Gasteiger partial charge in [-0.1, -0.05) is 24.3 Å². The number of nitrogens with one attached hydrogen (secondary N) is 2. The molecule has 1 aromatic carbocycles. The second kappa shape index (κ2) is 7.44. The van der Waals surface area contributed by atoms with Gasteiger partial charge in [0.2, 0.25) is 5.82 Å². The number of anilines is 2. The average molecular weight is 352 g/mol. The minimum Gasteiger partial charge on any atom is -0.393 e. The van der Waals surface area contributed by atoms with Crippen molar-refractivity contribution >= 4 is 11.6 Å². The molecule has 0 atom stereocenters. The quantitative estimate of drug-likeness (QED) is 0.628. The van der Waals surface area contributed by atoms with Crippen LogP contribution in [0, 0.1) is 0 Å². The summed E-state index contributed by atoms with van der Waals surface area (Å²) < 4.78 is 0. The maximum absolute atomic E-state index is 9.63. The van der Waals surface area contributed by atoms with Crippen molar-refractivity contribution in [2.45, 2.75) is 25.5 Å². The van der Waals surface area contributed by atoms with Crippen LogP contribution in [0.4, 0.5) is 11.6 Å². The van der Waals surface area contributed by atoms with E-state index in [4.69, 9.17) is 0 Å². The summed E-state index contributed by atoms with van der Waals surface area (Å²) in [5, 5.41) is 26.9. The number of hydrogen-bond acceptors (Lipinski definition) is 8. The fourth-order valence-electron chi connectivity index (χ4n) is 2.96. The van der Waals surface area contributed by atoms with Gasteiger partial charge in [-0.3, -0.25) is 0 Å². The van der Waals surface area contributed by atoms with Crippen LogP contribution in [-0.2, 0) is 6.54 Å². The summed E-state index contributed by atoms with van der Waals surface area (Å²) in [6.07, 6.45) is 2.93. The number of aliphatic hydroxyl groups is 1. The van der Waals surface area contributed by atoms with Crippen LogP contribution in [0.15, 0.2) is 36.7 Å². The Morgan fingerprint density at radius 3 is 2.69 bits per heavy atom. The number of aromatic amines is 1. The Bertz CT molecular complexity index is 828. The molecule has 9 nitrogen and oxygen atoms in total. The minimum absolute atomic E-state index is 0.193. The lowest BCUT2D eigenvalue weighted by Crippen LogP contribution is -2.36. The van der Waals surface area contributed by atoms with Gasteiger partial charge in [0.1, 0.15) is 18.0 Å². The Morgan fingerprint density at radius 2 is 1.96 bits per heavy atom. The van der Waals surface area contributed by atoms with E-state index in [9.17, 15) is 5.11 Å². The summed E-state index contributed by atoms with van der Waals surface area (Å²) in [4.78, 5) is 10.8. The first-order chi connectivity index (χ1) is 12.8. The second-order valence-electron chi connectivity index (χ2n) is 6.27. The normalized spacial score (nSPS) is 15.2. The van der Waals surface area contributed by atoms with Crippen LogP contribution in [0.2, 0.25) is 0 Å². The first-order valence-electron chi connectivity index (χ1n) is 8.59. The zero-order valence-corrected chi connectivity index (χ0v) is 14.2. The highest BCUT2D eigenvalue weighted by Crippen LogP contribution is 2.20. The smallest absolute Gasteiger partial charge is 0.204 e. The molecule has 0 unspecified atom stereocenters. The molecule has 2 aromatic heterocycles. The van der Waals surface area contributed by atoms with Crippen LogP contribution in [-0.4, -0.2) is 54.9 Å². The molecule has 1 fully saturated rings. The molecular weight excluding hydrogens is 332 g/mol. The lowest BCUT2D eigenvalue weighted by Gasteiger charge is -2.30. The summed E-state index contributed by atoms with van der Waals surface area (Å²) in [6.45, 7) is 2.28. The Hall–Kier alpha value is -3.07. The van der Waals surface area contributed by atoms with E-state index in [1.165, 1.54) is 0 Å². The van der Waals surface area contributed by atoms with Gasteiger partial charge in [0.05, 0.1) is 6.10 Å². The summed E-state index contributed by atoms with van der Waals surface area (Å²) in [5.41, 5.74) is 2.04. The molecular formula is C17H20N8O. The van der Waals surface area contributed by atoms with Crippen LogP contribution in [0.25, 0.3) is 11.4 Å². The number of aliphatic hydroxyl groups excluding tert-OH is 1. The van der Waals surface area contributed by atoms with Crippen molar-refractivity contribution in [2.24, 2.45) is 0 Å². The molecule has 1 aliphatic rings. The van der Waals surface area contributed by atoms with Crippen LogP contribution < -0.4 is 10.2 Å². The Balaban J connectivity index is 1.38. The lowest BCUT2D eigenvalue weighted by molar-refractivity contribution is 0.145. The largest absolute Gasteiger partial charge is 0.393 e. The number of hydrogen-bond donors (Lipinski definition) is 3. The van der Waals surface area contributed by atoms with Gasteiger partial charge in [0.25, 0.3) is 0 Å². The molecule has 134 valence electrons. The van der Waals surface area contributed by atoms with E-state index in [-0.39, 0.29) is 6.10 Å². The Labute approximate surface area is 150 Å². The molecule has 0 saturated carbocycles. The van der Waals surface area contributed by atoms with Gasteiger partial charge in [0, 0.05) is 31.3 Å². The molecule has 0 radical (unpaired) electrons. The van der Waals surface area contributed by atoms with Crippen molar-refractivity contribution in [1.29, 1.82) is 0 Å². The number of benzene rings is 1. The van der Waals surface area contributed by atoms with E-state index in [1.54, 1.807) is 6.33 Å². The van der Waals surface area contributed by atoms with E-state index in [2.05, 4.69) is 40.8 Å². The molecule has 4 rings (SSSR count). The highest BCUT2D eigenvalue weighted by Gasteiger charge is 2.18. The van der Waals surface area contributed by atoms with Gasteiger partial charge in [-0.15, -0.1) is 10.2 Å². The second-order valence-corrected chi connectivity index (χ2v) is 6.27. The summed E-state index contributed by atoms with van der Waals surface area (Å²) in [5.74, 6) is 2.25. The van der Waals surface area contributed by atoms with E-state index in [1.807, 2.05) is 30.3 Å². The summed E-state index contributed by atoms with van der Waals surface area (Å²) >= 11 is 0. The minimum atomic E-state index is -0.193. The first kappa shape index (κ1) is 16.4. The van der Waals surface area contributed by atoms with Crippen molar-refractivity contribution in [1.82, 2.24) is 30.6 Å². The molecule has 3 N–H and O–H groups in total. The molecule has 0 aliphatic carbocycles. The molecule has 3 heterocycles. The third-order valence-electron chi connectivity index (χ3n) is 4.47. The number of tetrazole rings is 1. The number of H-pyrrole nitrogens is 1. The van der Waals surface area contributed by atoms with Crippen LogP contribution in [0.1, 0.15) is 18.4 Å². The van der Waals surface area contributed by atoms with Gasteiger partial charge in [-0.25, -0.2) is 9.97 Å². The van der Waals surface area contributed by atoms with Crippen molar-refractivity contribution in [3.8, 4) is 11.4 Å². The Kier molecular flexibility index (Phi) is 4.69. The predicted molar refractivity (Wildman–Crippen MR) is 96.4 cm³/mol. The van der Waals surface area contributed by atoms with Crippen molar-refractivity contribution < 1.29 is 5.11 Å². The monoisotopic (exact) mass is 352 g/mol. The molecule has 0 spiro atoms. The topological polar surface area (TPSA) is 116 Å². The first-order valence-corrected chi connectivity index (χ1v) is 8.59. The number of aromatic nitrogens is 6. The molecule has 0 amide bonds. The fraction of sp³-hybridized carbons (Fsp3) is 0.353. The molecule has 3 aromatic rings. The van der Waals surface area contributed by atoms with E-state index in [0.29, 0.717) is 12.4 Å². The SMILES string of the molecule is OC1CCN(c2cc(NCc3ccc(-c4nn[nH]n4)cc3)ncn2)CC1. The maximum atomic E-state index is 9.63. The van der Waals surface area contributed by atoms with E-state index < -0.39 is 0 Å². The van der Waals surface area contributed by atoms with Gasteiger partial charge in [0.15, 0.2) is 0 Å². The third kappa shape index (κ3) is 3.77. The molecule has 9 heteroatoms. The molecule has 1 aliphatic heterocycles. The molecule has 1 saturated heterocycles. The Morgan fingerprint density at radius 1 is 1.15 bits per heavy atom. The van der Waals surface area contributed by atoms with Crippen LogP contribution in [0.3, 0.4) is 0 Å². The van der Waals surface area contributed by atoms with Gasteiger partial charge >= 0.3 is 0 Å². The molecule has 26 heavy (non-hydrogen) atoms. The zero-order chi connectivity index (χ0) is 17.8. The van der Waals surface area contributed by atoms with Crippen molar-refractivity contribution in [3.63, 3.8) is 0 Å². The number of nitrogens with zero attached hydrogens (tertiary/aromatic N) is 6. The van der Waals surface area contributed by atoms with Gasteiger partial charge in [-0.05, 0) is 23.6 Å². The summed E-state index contributed by atoms with van der Waals surface area (Å²) in [6, 6.07) is 9.92. The van der Waals surface area contributed by atoms with E-state index in [0.717, 1.165) is 48.7 Å². The van der Waals surface area contributed by atoms with Crippen LogP contribution in [0.5, 0.6) is 0 Å². The highest BCUT2D eigenvalue weighted by atomic mass is 16.3. The van der Waals surface area contributed by atoms with Crippen molar-refractivity contribution in [2.75, 3.05) is 23.3 Å². The van der Waals surface area contributed by atoms with Crippen LogP contribution >= 0.6 is 0 Å². The number of rotatable bonds is 5. The fourth-order valence-corrected chi connectivity index (χ4v) is 2.96. The number of piperidine rings is 1. The summed E-state index contributed by atoms with van der Waals surface area (Å²) in [7, 11) is 0.